The Hall–Kier alpha value is -1.18. The molecule has 15 heavy (non-hydrogen) atoms. The topological polar surface area (TPSA) is 17.1 Å². The molecule has 80 valence electrons. The van der Waals surface area contributed by atoms with Gasteiger partial charge in [-0.15, -0.1) is 0 Å². The van der Waals surface area contributed by atoms with Gasteiger partial charge in [-0.05, 0) is 32.3 Å². The van der Waals surface area contributed by atoms with Crippen molar-refractivity contribution in [2.45, 2.75) is 38.3 Å². The lowest BCUT2D eigenvalue weighted by Gasteiger charge is -2.40. The van der Waals surface area contributed by atoms with Gasteiger partial charge in [0.25, 0.3) is 0 Å². The van der Waals surface area contributed by atoms with E-state index < -0.39 is 11.6 Å². The number of hydrogen-bond acceptors (Lipinski definition) is 1. The third-order valence-electron chi connectivity index (χ3n) is 3.19. The summed E-state index contributed by atoms with van der Waals surface area (Å²) >= 11 is 0. The van der Waals surface area contributed by atoms with E-state index in [9.17, 15) is 9.18 Å². The van der Waals surface area contributed by atoms with Gasteiger partial charge in [-0.3, -0.25) is 0 Å². The van der Waals surface area contributed by atoms with Gasteiger partial charge in [0.1, 0.15) is 12.5 Å². The first-order chi connectivity index (χ1) is 7.05. The van der Waals surface area contributed by atoms with Crippen LogP contribution in [0.4, 0.5) is 4.39 Å². The molecule has 0 saturated heterocycles. The third-order valence-corrected chi connectivity index (χ3v) is 3.19. The SMILES string of the molecule is Cc1cc(C)cc(C2(C=O)CC(F)C2)c1. The minimum absolute atomic E-state index is 0.347. The molecule has 0 N–H and O–H groups in total. The maximum Gasteiger partial charge on any atom is 0.130 e. The fraction of sp³-hybridized carbons (Fsp3) is 0.462. The Morgan fingerprint density at radius 3 is 2.20 bits per heavy atom. The molecule has 1 saturated carbocycles. The molecule has 1 aliphatic carbocycles. The molecular formula is C13H15FO. The van der Waals surface area contributed by atoms with Crippen molar-refractivity contribution in [2.75, 3.05) is 0 Å². The predicted octanol–water partition coefficient (Wildman–Crippen LogP) is 2.87. The van der Waals surface area contributed by atoms with Crippen LogP contribution in [0.5, 0.6) is 0 Å². The molecule has 0 amide bonds. The van der Waals surface area contributed by atoms with Crippen molar-refractivity contribution in [1.82, 2.24) is 0 Å². The molecule has 0 bridgehead atoms. The van der Waals surface area contributed by atoms with Crippen LogP contribution in [-0.4, -0.2) is 12.5 Å². The smallest absolute Gasteiger partial charge is 0.130 e. The summed E-state index contributed by atoms with van der Waals surface area (Å²) < 4.78 is 12.9. The van der Waals surface area contributed by atoms with Crippen LogP contribution in [0.3, 0.4) is 0 Å². The molecule has 0 atom stereocenters. The Morgan fingerprint density at radius 2 is 1.80 bits per heavy atom. The summed E-state index contributed by atoms with van der Waals surface area (Å²) in [5, 5.41) is 0. The fourth-order valence-corrected chi connectivity index (χ4v) is 2.39. The molecule has 2 rings (SSSR count). The van der Waals surface area contributed by atoms with Crippen LogP contribution in [0.25, 0.3) is 0 Å². The summed E-state index contributed by atoms with van der Waals surface area (Å²) in [5.41, 5.74) is 2.70. The van der Waals surface area contributed by atoms with Crippen molar-refractivity contribution >= 4 is 6.29 Å². The molecule has 0 heterocycles. The largest absolute Gasteiger partial charge is 0.302 e. The zero-order chi connectivity index (χ0) is 11.1. The minimum Gasteiger partial charge on any atom is -0.302 e. The number of carbonyl (C=O) groups is 1. The first-order valence-corrected chi connectivity index (χ1v) is 5.25. The van der Waals surface area contributed by atoms with Gasteiger partial charge < -0.3 is 4.79 Å². The third kappa shape index (κ3) is 1.69. The molecular weight excluding hydrogens is 191 g/mol. The van der Waals surface area contributed by atoms with Crippen LogP contribution in [0, 0.1) is 13.8 Å². The zero-order valence-electron chi connectivity index (χ0n) is 9.09. The molecule has 1 aromatic carbocycles. The van der Waals surface area contributed by atoms with Crippen molar-refractivity contribution < 1.29 is 9.18 Å². The quantitative estimate of drug-likeness (QED) is 0.680. The van der Waals surface area contributed by atoms with Crippen LogP contribution < -0.4 is 0 Å². The van der Waals surface area contributed by atoms with E-state index in [2.05, 4.69) is 6.07 Å². The second kappa shape index (κ2) is 3.44. The fourth-order valence-electron chi connectivity index (χ4n) is 2.39. The van der Waals surface area contributed by atoms with E-state index in [1.807, 2.05) is 26.0 Å². The molecule has 2 heteroatoms. The Kier molecular flexibility index (Phi) is 2.37. The summed E-state index contributed by atoms with van der Waals surface area (Å²) in [6, 6.07) is 6.05. The molecule has 0 unspecified atom stereocenters. The molecule has 1 fully saturated rings. The number of alkyl halides is 1. The molecule has 0 spiro atoms. The highest BCUT2D eigenvalue weighted by Gasteiger charge is 2.46. The van der Waals surface area contributed by atoms with Crippen molar-refractivity contribution in [3.05, 3.63) is 34.9 Å². The van der Waals surface area contributed by atoms with Crippen molar-refractivity contribution in [3.63, 3.8) is 0 Å². The predicted molar refractivity (Wildman–Crippen MR) is 57.8 cm³/mol. The number of carbonyl (C=O) groups excluding carboxylic acids is 1. The van der Waals surface area contributed by atoms with Gasteiger partial charge in [-0.25, -0.2) is 4.39 Å². The van der Waals surface area contributed by atoms with Gasteiger partial charge >= 0.3 is 0 Å². The van der Waals surface area contributed by atoms with Crippen molar-refractivity contribution in [1.29, 1.82) is 0 Å². The van der Waals surface area contributed by atoms with Crippen LogP contribution in [-0.2, 0) is 10.2 Å². The van der Waals surface area contributed by atoms with Gasteiger partial charge in [0.15, 0.2) is 0 Å². The van der Waals surface area contributed by atoms with Gasteiger partial charge in [-0.2, -0.15) is 0 Å². The molecule has 0 aliphatic heterocycles. The van der Waals surface area contributed by atoms with E-state index in [4.69, 9.17) is 0 Å². The average Bonchev–Trinajstić information content (AvgIpc) is 2.10. The van der Waals surface area contributed by atoms with Gasteiger partial charge in [0.05, 0.1) is 5.41 Å². The summed E-state index contributed by atoms with van der Waals surface area (Å²) in [6.45, 7) is 4.00. The highest BCUT2D eigenvalue weighted by Crippen LogP contribution is 2.44. The Labute approximate surface area is 89.3 Å². The molecule has 1 nitrogen and oxygen atoms in total. The van der Waals surface area contributed by atoms with Gasteiger partial charge in [0, 0.05) is 0 Å². The van der Waals surface area contributed by atoms with Crippen molar-refractivity contribution in [2.24, 2.45) is 0 Å². The van der Waals surface area contributed by atoms with Crippen LogP contribution in [0.15, 0.2) is 18.2 Å². The minimum atomic E-state index is -0.809. The van der Waals surface area contributed by atoms with Crippen LogP contribution in [0.2, 0.25) is 0 Å². The molecule has 1 aromatic rings. The van der Waals surface area contributed by atoms with E-state index in [-0.39, 0.29) is 0 Å². The zero-order valence-corrected chi connectivity index (χ0v) is 9.09. The van der Waals surface area contributed by atoms with E-state index in [0.717, 1.165) is 23.0 Å². The van der Waals surface area contributed by atoms with Crippen LogP contribution >= 0.6 is 0 Å². The second-order valence-electron chi connectivity index (χ2n) is 4.66. The lowest BCUT2D eigenvalue weighted by Crippen LogP contribution is -2.44. The normalized spacial score (nSPS) is 29.7. The van der Waals surface area contributed by atoms with E-state index in [1.54, 1.807) is 0 Å². The molecule has 1 aliphatic rings. The lowest BCUT2D eigenvalue weighted by atomic mass is 9.64. The Morgan fingerprint density at radius 1 is 1.27 bits per heavy atom. The second-order valence-corrected chi connectivity index (χ2v) is 4.66. The number of rotatable bonds is 2. The molecule has 0 radical (unpaired) electrons. The summed E-state index contributed by atoms with van der Waals surface area (Å²) in [6.07, 6.45) is 0.798. The first kappa shape index (κ1) is 10.3. The van der Waals surface area contributed by atoms with Gasteiger partial charge in [0.2, 0.25) is 0 Å². The number of hydrogen-bond donors (Lipinski definition) is 0. The number of aldehydes is 1. The maximum absolute atomic E-state index is 12.9. The number of aryl methyl sites for hydroxylation is 2. The van der Waals surface area contributed by atoms with Crippen LogP contribution in [0.1, 0.15) is 29.5 Å². The van der Waals surface area contributed by atoms with Crippen molar-refractivity contribution in [3.8, 4) is 0 Å². The lowest BCUT2D eigenvalue weighted by molar-refractivity contribution is -0.117. The summed E-state index contributed by atoms with van der Waals surface area (Å²) in [5.74, 6) is 0. The number of halogens is 1. The van der Waals surface area contributed by atoms with E-state index >= 15 is 0 Å². The highest BCUT2D eigenvalue weighted by molar-refractivity contribution is 5.71. The Bertz CT molecular complexity index is 371. The standard InChI is InChI=1S/C13H15FO/c1-9-3-10(2)5-11(4-9)13(8-15)6-12(14)7-13/h3-5,8,12H,6-7H2,1-2H3. The molecule has 0 aromatic heterocycles. The van der Waals surface area contributed by atoms with Gasteiger partial charge in [-0.1, -0.05) is 29.3 Å². The average molecular weight is 206 g/mol. The Balaban J connectivity index is 2.39. The van der Waals surface area contributed by atoms with E-state index in [1.165, 1.54) is 0 Å². The maximum atomic E-state index is 12.9. The first-order valence-electron chi connectivity index (χ1n) is 5.25. The van der Waals surface area contributed by atoms with E-state index in [0.29, 0.717) is 12.8 Å². The number of benzene rings is 1. The monoisotopic (exact) mass is 206 g/mol. The summed E-state index contributed by atoms with van der Waals surface area (Å²) in [4.78, 5) is 11.1. The summed E-state index contributed by atoms with van der Waals surface area (Å²) in [7, 11) is 0. The highest BCUT2D eigenvalue weighted by atomic mass is 19.1.